The molecule has 2 aromatic carbocycles. The van der Waals surface area contributed by atoms with Crippen LogP contribution in [-0.4, -0.2) is 45.6 Å². The van der Waals surface area contributed by atoms with E-state index in [4.69, 9.17) is 14.2 Å². The summed E-state index contributed by atoms with van der Waals surface area (Å²) in [4.78, 5) is 20.1. The predicted molar refractivity (Wildman–Crippen MR) is 122 cm³/mol. The highest BCUT2D eigenvalue weighted by Gasteiger charge is 2.16. The van der Waals surface area contributed by atoms with E-state index in [9.17, 15) is 13.2 Å². The Morgan fingerprint density at radius 2 is 1.55 bits per heavy atom. The number of methoxy groups -OCH3 is 3. The third kappa shape index (κ3) is 6.10. The number of carbonyl (C=O) groups excluding carboxylic acids is 1. The third-order valence-corrected chi connectivity index (χ3v) is 5.95. The largest absolute Gasteiger partial charge is 0.493 e. The van der Waals surface area contributed by atoms with Gasteiger partial charge in [0.15, 0.2) is 11.5 Å². The van der Waals surface area contributed by atoms with E-state index in [1.165, 1.54) is 58.0 Å². The van der Waals surface area contributed by atoms with Crippen molar-refractivity contribution in [3.05, 3.63) is 60.4 Å². The summed E-state index contributed by atoms with van der Waals surface area (Å²) in [5.74, 6) is 1.26. The molecule has 0 atom stereocenters. The van der Waals surface area contributed by atoms with Crippen molar-refractivity contribution in [2.75, 3.05) is 31.4 Å². The molecule has 174 valence electrons. The molecule has 0 saturated heterocycles. The Kier molecular flexibility index (Phi) is 7.67. The number of amides is 1. The summed E-state index contributed by atoms with van der Waals surface area (Å²) in [5.41, 5.74) is 1.31. The molecule has 2 N–H and O–H groups in total. The van der Waals surface area contributed by atoms with Crippen LogP contribution >= 0.6 is 0 Å². The molecule has 0 radical (unpaired) electrons. The van der Waals surface area contributed by atoms with E-state index >= 15 is 0 Å². The predicted octanol–water partition coefficient (Wildman–Crippen LogP) is 2.87. The Bertz CT molecular complexity index is 1180. The lowest BCUT2D eigenvalue weighted by molar-refractivity contribution is -0.116. The molecule has 3 aromatic rings. The normalized spacial score (nSPS) is 10.9. The van der Waals surface area contributed by atoms with E-state index in [0.717, 1.165) is 5.56 Å². The Balaban J connectivity index is 1.61. The molecule has 0 aliphatic rings. The van der Waals surface area contributed by atoms with Gasteiger partial charge in [-0.3, -0.25) is 4.79 Å². The van der Waals surface area contributed by atoms with Gasteiger partial charge in [-0.05, 0) is 54.4 Å². The van der Waals surface area contributed by atoms with Gasteiger partial charge in [-0.25, -0.2) is 23.1 Å². The first-order valence-corrected chi connectivity index (χ1v) is 11.3. The van der Waals surface area contributed by atoms with Crippen molar-refractivity contribution in [1.29, 1.82) is 0 Å². The van der Waals surface area contributed by atoms with E-state index in [-0.39, 0.29) is 23.2 Å². The number of sulfonamides is 1. The molecule has 0 aliphatic heterocycles. The van der Waals surface area contributed by atoms with Crippen molar-refractivity contribution in [2.45, 2.75) is 17.7 Å². The number of nitrogens with zero attached hydrogens (tertiary/aromatic N) is 2. The summed E-state index contributed by atoms with van der Waals surface area (Å²) >= 11 is 0. The fraction of sp³-hybridized carbons (Fsp3) is 0.227. The Labute approximate surface area is 192 Å². The molecule has 0 saturated carbocycles. The van der Waals surface area contributed by atoms with Crippen LogP contribution in [0.5, 0.6) is 17.2 Å². The Morgan fingerprint density at radius 1 is 0.939 bits per heavy atom. The second-order valence-electron chi connectivity index (χ2n) is 6.78. The molecule has 11 heteroatoms. The third-order valence-electron chi connectivity index (χ3n) is 4.61. The number of hydrogen-bond acceptors (Lipinski definition) is 8. The van der Waals surface area contributed by atoms with E-state index in [1.54, 1.807) is 18.2 Å². The average molecular weight is 473 g/mol. The van der Waals surface area contributed by atoms with Crippen molar-refractivity contribution < 1.29 is 27.4 Å². The minimum atomic E-state index is -3.85. The average Bonchev–Trinajstić information content (AvgIpc) is 2.82. The van der Waals surface area contributed by atoms with Crippen LogP contribution in [0.1, 0.15) is 12.0 Å². The molecule has 33 heavy (non-hydrogen) atoms. The van der Waals surface area contributed by atoms with Crippen LogP contribution in [-0.2, 0) is 21.2 Å². The second kappa shape index (κ2) is 10.6. The SMILES string of the molecule is COc1cc(CCC(=O)Nc2ccc(S(=O)(=O)Nc3ncccn3)cc2)cc(OC)c1OC. The van der Waals surface area contributed by atoms with Crippen LogP contribution in [0.3, 0.4) is 0 Å². The maximum atomic E-state index is 12.4. The number of anilines is 2. The summed E-state index contributed by atoms with van der Waals surface area (Å²) in [6.07, 6.45) is 3.50. The zero-order chi connectivity index (χ0) is 23.8. The van der Waals surface area contributed by atoms with Gasteiger partial charge in [-0.15, -0.1) is 0 Å². The monoisotopic (exact) mass is 472 g/mol. The van der Waals surface area contributed by atoms with Gasteiger partial charge in [0, 0.05) is 24.5 Å². The zero-order valence-corrected chi connectivity index (χ0v) is 19.2. The van der Waals surface area contributed by atoms with Crippen molar-refractivity contribution in [3.8, 4) is 17.2 Å². The van der Waals surface area contributed by atoms with Gasteiger partial charge in [0.05, 0.1) is 26.2 Å². The lowest BCUT2D eigenvalue weighted by Crippen LogP contribution is -2.15. The molecule has 0 aliphatic carbocycles. The first-order valence-electron chi connectivity index (χ1n) is 9.85. The number of rotatable bonds is 10. The van der Waals surface area contributed by atoms with Crippen molar-refractivity contribution in [1.82, 2.24) is 9.97 Å². The van der Waals surface area contributed by atoms with Gasteiger partial charge < -0.3 is 19.5 Å². The first kappa shape index (κ1) is 23.8. The maximum absolute atomic E-state index is 12.4. The van der Waals surface area contributed by atoms with Crippen LogP contribution < -0.4 is 24.2 Å². The topological polar surface area (TPSA) is 129 Å². The molecule has 1 aromatic heterocycles. The van der Waals surface area contributed by atoms with Crippen molar-refractivity contribution in [2.24, 2.45) is 0 Å². The van der Waals surface area contributed by atoms with Crippen LogP contribution in [0.25, 0.3) is 0 Å². The highest BCUT2D eigenvalue weighted by atomic mass is 32.2. The smallest absolute Gasteiger partial charge is 0.264 e. The van der Waals surface area contributed by atoms with E-state index in [2.05, 4.69) is 20.0 Å². The Hall–Kier alpha value is -3.86. The molecule has 0 bridgehead atoms. The number of ether oxygens (including phenoxy) is 3. The quantitative estimate of drug-likeness (QED) is 0.461. The lowest BCUT2D eigenvalue weighted by Gasteiger charge is -2.14. The molecule has 0 spiro atoms. The van der Waals surface area contributed by atoms with Crippen LogP contribution in [0.15, 0.2) is 59.8 Å². The zero-order valence-electron chi connectivity index (χ0n) is 18.4. The molecule has 3 rings (SSSR count). The number of carbonyl (C=O) groups is 1. The van der Waals surface area contributed by atoms with Crippen LogP contribution in [0.2, 0.25) is 0 Å². The number of aromatic nitrogens is 2. The molecule has 10 nitrogen and oxygen atoms in total. The maximum Gasteiger partial charge on any atom is 0.264 e. The first-order chi connectivity index (χ1) is 15.9. The molecular weight excluding hydrogens is 448 g/mol. The molecule has 0 unspecified atom stereocenters. The fourth-order valence-electron chi connectivity index (χ4n) is 3.01. The highest BCUT2D eigenvalue weighted by molar-refractivity contribution is 7.92. The lowest BCUT2D eigenvalue weighted by atomic mass is 10.1. The van der Waals surface area contributed by atoms with Gasteiger partial charge in [-0.1, -0.05) is 0 Å². The molecule has 1 amide bonds. The second-order valence-corrected chi connectivity index (χ2v) is 8.47. The van der Waals surface area contributed by atoms with Crippen molar-refractivity contribution in [3.63, 3.8) is 0 Å². The summed E-state index contributed by atoms with van der Waals surface area (Å²) in [6, 6.07) is 11.0. The highest BCUT2D eigenvalue weighted by Crippen LogP contribution is 2.38. The van der Waals surface area contributed by atoms with E-state index < -0.39 is 10.0 Å². The number of hydrogen-bond donors (Lipinski definition) is 2. The number of nitrogens with one attached hydrogen (secondary N) is 2. The van der Waals surface area contributed by atoms with Crippen molar-refractivity contribution >= 4 is 27.6 Å². The van der Waals surface area contributed by atoms with Gasteiger partial charge in [-0.2, -0.15) is 0 Å². The van der Waals surface area contributed by atoms with Gasteiger partial charge in [0.1, 0.15) is 0 Å². The van der Waals surface area contributed by atoms with E-state index in [1.807, 2.05) is 0 Å². The summed E-state index contributed by atoms with van der Waals surface area (Å²) in [6.45, 7) is 0. The molecule has 0 fully saturated rings. The van der Waals surface area contributed by atoms with Crippen LogP contribution in [0, 0.1) is 0 Å². The van der Waals surface area contributed by atoms with Crippen LogP contribution in [0.4, 0.5) is 11.6 Å². The standard InChI is InChI=1S/C22H24N4O6S/c1-30-18-13-15(14-19(31-2)21(18)32-3)5-10-20(27)25-16-6-8-17(9-7-16)33(28,29)26-22-23-11-4-12-24-22/h4,6-9,11-14H,5,10H2,1-3H3,(H,25,27)(H,23,24,26). The minimum Gasteiger partial charge on any atom is -0.493 e. The molecular formula is C22H24N4O6S. The summed E-state index contributed by atoms with van der Waals surface area (Å²) in [5, 5.41) is 2.75. The van der Waals surface area contributed by atoms with Gasteiger partial charge >= 0.3 is 0 Å². The summed E-state index contributed by atoms with van der Waals surface area (Å²) < 4.78 is 43.1. The fourth-order valence-corrected chi connectivity index (χ4v) is 3.97. The number of benzene rings is 2. The Morgan fingerprint density at radius 3 is 2.09 bits per heavy atom. The molecule has 1 heterocycles. The summed E-state index contributed by atoms with van der Waals surface area (Å²) in [7, 11) is 0.733. The number of aryl methyl sites for hydroxylation is 1. The van der Waals surface area contributed by atoms with Gasteiger partial charge in [0.25, 0.3) is 10.0 Å². The van der Waals surface area contributed by atoms with Gasteiger partial charge in [0.2, 0.25) is 17.6 Å². The van der Waals surface area contributed by atoms with E-state index in [0.29, 0.717) is 29.4 Å². The minimum absolute atomic E-state index is 0.0189.